The Hall–Kier alpha value is -2.67. The quantitative estimate of drug-likeness (QED) is 0.793. The van der Waals surface area contributed by atoms with Gasteiger partial charge in [0.05, 0.1) is 0 Å². The molecule has 0 aromatic carbocycles. The molecule has 1 amide bonds. The standard InChI is InChI=1S/C13H14F3N5O4S/c1-7-5-17-10(13(14,15)16)4-8(7)18-12-19-9(6-25-12)11(22)20-26(23,24)21(2)3/h4-6H,1-3H3,(H,20,22)(H,17,18,19). The van der Waals surface area contributed by atoms with Crippen molar-refractivity contribution in [2.45, 2.75) is 13.1 Å². The second-order valence-corrected chi connectivity index (χ2v) is 7.15. The number of rotatable bonds is 5. The molecule has 142 valence electrons. The molecule has 0 aliphatic heterocycles. The van der Waals surface area contributed by atoms with Crippen LogP contribution in [0.2, 0.25) is 0 Å². The van der Waals surface area contributed by atoms with Gasteiger partial charge in [0, 0.05) is 26.0 Å². The van der Waals surface area contributed by atoms with E-state index >= 15 is 0 Å². The summed E-state index contributed by atoms with van der Waals surface area (Å²) in [4.78, 5) is 18.9. The highest BCUT2D eigenvalue weighted by Gasteiger charge is 2.33. The summed E-state index contributed by atoms with van der Waals surface area (Å²) in [5.74, 6) is -1.06. The van der Waals surface area contributed by atoms with Crippen molar-refractivity contribution in [2.24, 2.45) is 0 Å². The number of alkyl halides is 3. The Morgan fingerprint density at radius 2 is 1.96 bits per heavy atom. The number of hydrogen-bond donors (Lipinski definition) is 2. The van der Waals surface area contributed by atoms with E-state index in [1.807, 2.05) is 0 Å². The number of carbonyl (C=O) groups is 1. The molecule has 0 spiro atoms. The van der Waals surface area contributed by atoms with E-state index in [1.165, 1.54) is 21.0 Å². The number of aryl methyl sites for hydroxylation is 1. The Bertz CT molecular complexity index is 924. The van der Waals surface area contributed by atoms with Gasteiger partial charge >= 0.3 is 16.4 Å². The van der Waals surface area contributed by atoms with Crippen LogP contribution in [0.1, 0.15) is 21.7 Å². The molecule has 0 radical (unpaired) electrons. The normalized spacial score (nSPS) is 12.3. The van der Waals surface area contributed by atoms with Crippen molar-refractivity contribution in [3.63, 3.8) is 0 Å². The van der Waals surface area contributed by atoms with Crippen molar-refractivity contribution in [3.8, 4) is 0 Å². The third-order valence-electron chi connectivity index (χ3n) is 3.07. The lowest BCUT2D eigenvalue weighted by molar-refractivity contribution is -0.141. The average Bonchev–Trinajstić information content (AvgIpc) is 2.96. The molecular formula is C13H14F3N5O4S. The molecule has 0 unspecified atom stereocenters. The second-order valence-electron chi connectivity index (χ2n) is 5.26. The molecule has 9 nitrogen and oxygen atoms in total. The highest BCUT2D eigenvalue weighted by molar-refractivity contribution is 7.87. The fourth-order valence-electron chi connectivity index (χ4n) is 1.62. The van der Waals surface area contributed by atoms with E-state index in [9.17, 15) is 26.4 Å². The van der Waals surface area contributed by atoms with Crippen LogP contribution in [-0.2, 0) is 16.4 Å². The number of aromatic nitrogens is 2. The summed E-state index contributed by atoms with van der Waals surface area (Å²) in [6.07, 6.45) is -2.75. The maximum Gasteiger partial charge on any atom is 0.433 e. The molecule has 2 rings (SSSR count). The van der Waals surface area contributed by atoms with E-state index < -0.39 is 28.0 Å². The number of nitrogens with one attached hydrogen (secondary N) is 2. The van der Waals surface area contributed by atoms with Crippen molar-refractivity contribution >= 4 is 27.8 Å². The number of anilines is 2. The number of carbonyl (C=O) groups excluding carboxylic acids is 1. The molecule has 0 saturated carbocycles. The summed E-state index contributed by atoms with van der Waals surface area (Å²) < 4.78 is 68.8. The van der Waals surface area contributed by atoms with E-state index in [1.54, 1.807) is 4.72 Å². The lowest BCUT2D eigenvalue weighted by atomic mass is 10.2. The Morgan fingerprint density at radius 1 is 1.31 bits per heavy atom. The first-order chi connectivity index (χ1) is 11.9. The maximum atomic E-state index is 12.7. The van der Waals surface area contributed by atoms with Crippen molar-refractivity contribution in [2.75, 3.05) is 19.4 Å². The molecule has 0 saturated heterocycles. The van der Waals surface area contributed by atoms with Crippen LogP contribution in [-0.4, -0.2) is 42.7 Å². The second kappa shape index (κ2) is 6.92. The van der Waals surface area contributed by atoms with E-state index in [0.717, 1.165) is 22.8 Å². The number of nitrogens with zero attached hydrogens (tertiary/aromatic N) is 3. The minimum Gasteiger partial charge on any atom is -0.431 e. The van der Waals surface area contributed by atoms with Crippen LogP contribution in [0.5, 0.6) is 0 Å². The Labute approximate surface area is 146 Å². The van der Waals surface area contributed by atoms with Crippen LogP contribution in [0, 0.1) is 6.92 Å². The topological polar surface area (TPSA) is 117 Å². The first-order valence-electron chi connectivity index (χ1n) is 6.91. The molecule has 0 bridgehead atoms. The minimum atomic E-state index is -4.63. The molecule has 0 aliphatic rings. The summed E-state index contributed by atoms with van der Waals surface area (Å²) in [6, 6.07) is 0.468. The number of amides is 1. The van der Waals surface area contributed by atoms with E-state index in [4.69, 9.17) is 4.42 Å². The molecule has 2 heterocycles. The fourth-order valence-corrected chi connectivity index (χ4v) is 2.15. The monoisotopic (exact) mass is 393 g/mol. The molecule has 0 aliphatic carbocycles. The first-order valence-corrected chi connectivity index (χ1v) is 8.35. The molecule has 0 atom stereocenters. The molecular weight excluding hydrogens is 379 g/mol. The Kier molecular flexibility index (Phi) is 5.23. The van der Waals surface area contributed by atoms with Gasteiger partial charge in [0.25, 0.3) is 11.9 Å². The molecule has 26 heavy (non-hydrogen) atoms. The Balaban J connectivity index is 2.20. The average molecular weight is 393 g/mol. The number of oxazole rings is 1. The van der Waals surface area contributed by atoms with Gasteiger partial charge in [-0.15, -0.1) is 0 Å². The molecule has 2 N–H and O–H groups in total. The molecule has 2 aromatic heterocycles. The first kappa shape index (κ1) is 19.7. The van der Waals surface area contributed by atoms with Gasteiger partial charge in [-0.3, -0.25) is 9.78 Å². The summed E-state index contributed by atoms with van der Waals surface area (Å²) in [5.41, 5.74) is -1.10. The van der Waals surface area contributed by atoms with Crippen LogP contribution in [0.15, 0.2) is 22.9 Å². The summed E-state index contributed by atoms with van der Waals surface area (Å²) in [7, 11) is -1.59. The zero-order chi connectivity index (χ0) is 19.7. The van der Waals surface area contributed by atoms with Crippen LogP contribution in [0.3, 0.4) is 0 Å². The lowest BCUT2D eigenvalue weighted by Crippen LogP contribution is -2.39. The zero-order valence-electron chi connectivity index (χ0n) is 13.7. The van der Waals surface area contributed by atoms with Gasteiger partial charge in [-0.05, 0) is 18.6 Å². The van der Waals surface area contributed by atoms with Crippen LogP contribution >= 0.6 is 0 Å². The van der Waals surface area contributed by atoms with E-state index in [0.29, 0.717) is 5.56 Å². The van der Waals surface area contributed by atoms with Gasteiger partial charge in [-0.1, -0.05) is 0 Å². The lowest BCUT2D eigenvalue weighted by Gasteiger charge is -2.11. The molecule has 13 heteroatoms. The largest absolute Gasteiger partial charge is 0.433 e. The highest BCUT2D eigenvalue weighted by atomic mass is 32.2. The molecule has 0 fully saturated rings. The van der Waals surface area contributed by atoms with Gasteiger partial charge in [0.2, 0.25) is 0 Å². The third-order valence-corrected chi connectivity index (χ3v) is 4.48. The van der Waals surface area contributed by atoms with Crippen molar-refractivity contribution < 1.29 is 30.8 Å². The Morgan fingerprint density at radius 3 is 2.54 bits per heavy atom. The number of halogens is 3. The van der Waals surface area contributed by atoms with Crippen molar-refractivity contribution in [3.05, 3.63) is 35.5 Å². The van der Waals surface area contributed by atoms with Gasteiger partial charge in [0.1, 0.15) is 12.0 Å². The predicted molar refractivity (Wildman–Crippen MR) is 83.8 cm³/mol. The SMILES string of the molecule is Cc1cnc(C(F)(F)F)cc1Nc1nc(C(=O)NS(=O)(=O)N(C)C)co1. The molecule has 2 aromatic rings. The summed E-state index contributed by atoms with van der Waals surface area (Å²) >= 11 is 0. The van der Waals surface area contributed by atoms with Gasteiger partial charge in [-0.2, -0.15) is 30.9 Å². The summed E-state index contributed by atoms with van der Waals surface area (Å²) in [5, 5.41) is 2.49. The van der Waals surface area contributed by atoms with Gasteiger partial charge in [0.15, 0.2) is 5.69 Å². The predicted octanol–water partition coefficient (Wildman–Crippen LogP) is 1.68. The van der Waals surface area contributed by atoms with Crippen LogP contribution in [0.25, 0.3) is 0 Å². The smallest absolute Gasteiger partial charge is 0.431 e. The minimum absolute atomic E-state index is 0.0158. The van der Waals surface area contributed by atoms with Crippen molar-refractivity contribution in [1.82, 2.24) is 19.0 Å². The summed E-state index contributed by atoms with van der Waals surface area (Å²) in [6.45, 7) is 1.51. The van der Waals surface area contributed by atoms with Gasteiger partial charge < -0.3 is 9.73 Å². The van der Waals surface area contributed by atoms with Gasteiger partial charge in [-0.25, -0.2) is 4.72 Å². The maximum absolute atomic E-state index is 12.7. The highest BCUT2D eigenvalue weighted by Crippen LogP contribution is 2.31. The van der Waals surface area contributed by atoms with E-state index in [-0.39, 0.29) is 17.4 Å². The third kappa shape index (κ3) is 4.49. The zero-order valence-corrected chi connectivity index (χ0v) is 14.6. The number of pyridine rings is 1. The number of hydrogen-bond acceptors (Lipinski definition) is 7. The van der Waals surface area contributed by atoms with Crippen molar-refractivity contribution in [1.29, 1.82) is 0 Å². The van der Waals surface area contributed by atoms with Crippen LogP contribution < -0.4 is 10.0 Å². The van der Waals surface area contributed by atoms with Crippen LogP contribution in [0.4, 0.5) is 24.9 Å². The fraction of sp³-hybridized carbons (Fsp3) is 0.308. The van der Waals surface area contributed by atoms with E-state index in [2.05, 4.69) is 15.3 Å².